The first kappa shape index (κ1) is 27.4. The summed E-state index contributed by atoms with van der Waals surface area (Å²) < 4.78 is 5.54. The van der Waals surface area contributed by atoms with Crippen molar-refractivity contribution in [3.05, 3.63) is 48.0 Å². The van der Waals surface area contributed by atoms with Crippen LogP contribution < -0.4 is 25.2 Å². The van der Waals surface area contributed by atoms with Gasteiger partial charge in [0.05, 0.1) is 18.4 Å². The summed E-state index contributed by atoms with van der Waals surface area (Å²) in [5, 5.41) is 6.00. The third-order valence-corrected chi connectivity index (χ3v) is 6.61. The van der Waals surface area contributed by atoms with Crippen LogP contribution in [0.4, 0.5) is 17.1 Å². The molecule has 0 radical (unpaired) electrons. The predicted molar refractivity (Wildman–Crippen MR) is 148 cm³/mol. The number of carbonyl (C=O) groups excluding carboxylic acids is 2. The minimum absolute atomic E-state index is 0.00425. The van der Waals surface area contributed by atoms with E-state index in [1.807, 2.05) is 43.3 Å². The maximum Gasteiger partial charge on any atom is 0.253 e. The van der Waals surface area contributed by atoms with Gasteiger partial charge in [-0.15, -0.1) is 0 Å². The van der Waals surface area contributed by atoms with E-state index in [2.05, 4.69) is 33.4 Å². The van der Waals surface area contributed by atoms with E-state index in [0.29, 0.717) is 24.2 Å². The molecule has 0 spiro atoms. The number of para-hydroxylation sites is 2. The van der Waals surface area contributed by atoms with E-state index in [1.54, 1.807) is 7.11 Å². The van der Waals surface area contributed by atoms with Crippen molar-refractivity contribution in [2.45, 2.75) is 58.8 Å². The number of ether oxygens (including phenoxy) is 1. The highest BCUT2D eigenvalue weighted by Gasteiger charge is 2.23. The van der Waals surface area contributed by atoms with Crippen LogP contribution in [-0.2, 0) is 4.79 Å². The largest absolute Gasteiger partial charge is 0.495 e. The van der Waals surface area contributed by atoms with Crippen LogP contribution in [0.1, 0.15) is 69.2 Å². The minimum Gasteiger partial charge on any atom is -0.495 e. The molecule has 196 valence electrons. The first-order valence-electron chi connectivity index (χ1n) is 13.4. The molecular formula is C29H42N4O3. The third-order valence-electron chi connectivity index (χ3n) is 6.61. The standard InChI is InChI=1S/C29H42N4O3/c1-4-6-7-8-9-14-28(34)31-23-15-16-25(24(22-23)29(35)30-17-5-2)32-18-20-33(21-19-32)26-12-10-11-13-27(26)36-3/h10-13,15-16,22H,4-9,14,17-21H2,1-3H3,(H,30,35)(H,31,34). The molecule has 0 saturated carbocycles. The van der Waals surface area contributed by atoms with Crippen LogP contribution in [0.3, 0.4) is 0 Å². The van der Waals surface area contributed by atoms with Gasteiger partial charge in [0.15, 0.2) is 0 Å². The van der Waals surface area contributed by atoms with Crippen molar-refractivity contribution in [3.63, 3.8) is 0 Å². The lowest BCUT2D eigenvalue weighted by molar-refractivity contribution is -0.116. The first-order chi connectivity index (χ1) is 17.6. The van der Waals surface area contributed by atoms with Gasteiger partial charge in [-0.05, 0) is 43.2 Å². The molecule has 1 fully saturated rings. The summed E-state index contributed by atoms with van der Waals surface area (Å²) in [5.74, 6) is 0.773. The molecule has 36 heavy (non-hydrogen) atoms. The summed E-state index contributed by atoms with van der Waals surface area (Å²) in [7, 11) is 1.70. The highest BCUT2D eigenvalue weighted by atomic mass is 16.5. The monoisotopic (exact) mass is 494 g/mol. The van der Waals surface area contributed by atoms with Gasteiger partial charge in [-0.3, -0.25) is 9.59 Å². The molecule has 1 saturated heterocycles. The summed E-state index contributed by atoms with van der Waals surface area (Å²) in [6.45, 7) is 8.07. The molecule has 0 aliphatic carbocycles. The van der Waals surface area contributed by atoms with Crippen molar-refractivity contribution >= 4 is 28.9 Å². The zero-order valence-electron chi connectivity index (χ0n) is 22.1. The van der Waals surface area contributed by atoms with Gasteiger partial charge in [-0.1, -0.05) is 51.7 Å². The van der Waals surface area contributed by atoms with Crippen molar-refractivity contribution in [1.82, 2.24) is 5.32 Å². The molecule has 1 heterocycles. The molecule has 1 aliphatic heterocycles. The Hall–Kier alpha value is -3.22. The van der Waals surface area contributed by atoms with E-state index < -0.39 is 0 Å². The van der Waals surface area contributed by atoms with E-state index in [9.17, 15) is 9.59 Å². The summed E-state index contributed by atoms with van der Waals surface area (Å²) in [5.41, 5.74) is 3.27. The van der Waals surface area contributed by atoms with E-state index in [0.717, 1.165) is 62.6 Å². The summed E-state index contributed by atoms with van der Waals surface area (Å²) in [4.78, 5) is 30.1. The molecule has 3 rings (SSSR count). The molecule has 0 unspecified atom stereocenters. The number of hydrogen-bond acceptors (Lipinski definition) is 5. The average Bonchev–Trinajstić information content (AvgIpc) is 2.91. The second kappa shape index (κ2) is 14.4. The van der Waals surface area contributed by atoms with Gasteiger partial charge in [0.1, 0.15) is 5.75 Å². The number of rotatable bonds is 13. The number of carbonyl (C=O) groups is 2. The van der Waals surface area contributed by atoms with Gasteiger partial charge in [0.2, 0.25) is 5.91 Å². The fraction of sp³-hybridized carbons (Fsp3) is 0.517. The SMILES string of the molecule is CCCCCCCC(=O)Nc1ccc(N2CCN(c3ccccc3OC)CC2)c(C(=O)NCCC)c1. The van der Waals surface area contributed by atoms with Crippen LogP contribution in [0.2, 0.25) is 0 Å². The highest BCUT2D eigenvalue weighted by Crippen LogP contribution is 2.31. The highest BCUT2D eigenvalue weighted by molar-refractivity contribution is 6.02. The van der Waals surface area contributed by atoms with Crippen molar-refractivity contribution < 1.29 is 14.3 Å². The molecule has 2 N–H and O–H groups in total. The van der Waals surface area contributed by atoms with E-state index in [-0.39, 0.29) is 11.8 Å². The lowest BCUT2D eigenvalue weighted by Crippen LogP contribution is -2.47. The fourth-order valence-electron chi connectivity index (χ4n) is 4.60. The van der Waals surface area contributed by atoms with Crippen molar-refractivity contribution in [2.24, 2.45) is 0 Å². The first-order valence-corrected chi connectivity index (χ1v) is 13.4. The quantitative estimate of drug-likeness (QED) is 0.362. The number of hydrogen-bond donors (Lipinski definition) is 2. The number of methoxy groups -OCH3 is 1. The zero-order valence-corrected chi connectivity index (χ0v) is 22.1. The number of anilines is 3. The van der Waals surface area contributed by atoms with Crippen molar-refractivity contribution in [3.8, 4) is 5.75 Å². The molecule has 7 heteroatoms. The Bertz CT molecular complexity index is 986. The normalized spacial score (nSPS) is 13.4. The fourth-order valence-corrected chi connectivity index (χ4v) is 4.60. The van der Waals surface area contributed by atoms with Crippen LogP contribution in [0, 0.1) is 0 Å². The second-order valence-electron chi connectivity index (χ2n) is 9.35. The van der Waals surface area contributed by atoms with Crippen LogP contribution in [0.25, 0.3) is 0 Å². The van der Waals surface area contributed by atoms with Gasteiger partial charge in [0, 0.05) is 50.5 Å². The summed E-state index contributed by atoms with van der Waals surface area (Å²) in [6.07, 6.45) is 6.92. The third kappa shape index (κ3) is 7.64. The molecule has 0 atom stereocenters. The van der Waals surface area contributed by atoms with Crippen LogP contribution in [0.15, 0.2) is 42.5 Å². The Morgan fingerprint density at radius 3 is 2.25 bits per heavy atom. The Morgan fingerprint density at radius 1 is 0.861 bits per heavy atom. The Kier molecular flexibility index (Phi) is 10.9. The summed E-state index contributed by atoms with van der Waals surface area (Å²) >= 11 is 0. The molecule has 1 aliphatic rings. The minimum atomic E-state index is -0.102. The van der Waals surface area contributed by atoms with Crippen molar-refractivity contribution in [2.75, 3.05) is 55.0 Å². The van der Waals surface area contributed by atoms with Crippen LogP contribution in [0.5, 0.6) is 5.75 Å². The van der Waals surface area contributed by atoms with Gasteiger partial charge in [-0.25, -0.2) is 0 Å². The lowest BCUT2D eigenvalue weighted by atomic mass is 10.1. The number of piperazine rings is 1. The maximum atomic E-state index is 13.1. The van der Waals surface area contributed by atoms with E-state index in [4.69, 9.17) is 4.74 Å². The van der Waals surface area contributed by atoms with Crippen molar-refractivity contribution in [1.29, 1.82) is 0 Å². The molecule has 2 amide bonds. The van der Waals surface area contributed by atoms with Gasteiger partial charge < -0.3 is 25.2 Å². The second-order valence-corrected chi connectivity index (χ2v) is 9.35. The number of benzene rings is 2. The molecule has 7 nitrogen and oxygen atoms in total. The topological polar surface area (TPSA) is 73.9 Å². The van der Waals surface area contributed by atoms with Gasteiger partial charge in [-0.2, -0.15) is 0 Å². The van der Waals surface area contributed by atoms with Crippen LogP contribution in [-0.4, -0.2) is 51.6 Å². The number of nitrogens with one attached hydrogen (secondary N) is 2. The smallest absolute Gasteiger partial charge is 0.253 e. The Morgan fingerprint density at radius 2 is 1.56 bits per heavy atom. The molecule has 2 aromatic rings. The molecule has 0 aromatic heterocycles. The van der Waals surface area contributed by atoms with Crippen LogP contribution >= 0.6 is 0 Å². The maximum absolute atomic E-state index is 13.1. The molecule has 2 aromatic carbocycles. The van der Waals surface area contributed by atoms with E-state index >= 15 is 0 Å². The summed E-state index contributed by atoms with van der Waals surface area (Å²) in [6, 6.07) is 13.8. The number of nitrogens with zero attached hydrogens (tertiary/aromatic N) is 2. The average molecular weight is 495 g/mol. The zero-order chi connectivity index (χ0) is 25.8. The van der Waals surface area contributed by atoms with Gasteiger partial charge in [0.25, 0.3) is 5.91 Å². The number of amides is 2. The van der Waals surface area contributed by atoms with E-state index in [1.165, 1.54) is 19.3 Å². The van der Waals surface area contributed by atoms with Gasteiger partial charge >= 0.3 is 0 Å². The Balaban J connectivity index is 1.69. The lowest BCUT2D eigenvalue weighted by Gasteiger charge is -2.38. The Labute approximate surface area is 216 Å². The molecule has 0 bridgehead atoms. The predicted octanol–water partition coefficient (Wildman–Crippen LogP) is 5.46. The molecular weight excluding hydrogens is 452 g/mol. The number of unbranched alkanes of at least 4 members (excludes halogenated alkanes) is 4.